The molecule has 1 N–H and O–H groups in total. The van der Waals surface area contributed by atoms with Crippen molar-refractivity contribution in [3.8, 4) is 6.07 Å². The number of hydrogen-bond donors (Lipinski definition) is 1. The maximum atomic E-state index is 9.84. The maximum absolute atomic E-state index is 9.84. The van der Waals surface area contributed by atoms with Gasteiger partial charge in [-0.3, -0.25) is 0 Å². The summed E-state index contributed by atoms with van der Waals surface area (Å²) in [5.41, 5.74) is 0.879. The zero-order valence-electron chi connectivity index (χ0n) is 10.4. The van der Waals surface area contributed by atoms with Crippen molar-refractivity contribution in [2.75, 3.05) is 18.0 Å². The molecule has 0 heterocycles. The number of halogens is 1. The maximum Gasteiger partial charge on any atom is 0.100 e. The Kier molecular flexibility index (Phi) is 4.55. The van der Waals surface area contributed by atoms with Gasteiger partial charge in [0.15, 0.2) is 0 Å². The van der Waals surface area contributed by atoms with Crippen molar-refractivity contribution in [3.05, 3.63) is 28.2 Å². The molecule has 0 bridgehead atoms. The molecule has 0 aliphatic rings. The molecule has 1 aromatic carbocycles. The van der Waals surface area contributed by atoms with Gasteiger partial charge in [0, 0.05) is 23.2 Å². The van der Waals surface area contributed by atoms with Gasteiger partial charge in [-0.05, 0) is 54.9 Å². The lowest BCUT2D eigenvalue weighted by atomic mass is 10.1. The van der Waals surface area contributed by atoms with E-state index in [2.05, 4.69) is 26.9 Å². The topological polar surface area (TPSA) is 47.3 Å². The lowest BCUT2D eigenvalue weighted by Gasteiger charge is -2.30. The van der Waals surface area contributed by atoms with Crippen molar-refractivity contribution in [1.29, 1.82) is 5.26 Å². The molecule has 1 aromatic rings. The van der Waals surface area contributed by atoms with Crippen LogP contribution >= 0.6 is 15.9 Å². The van der Waals surface area contributed by atoms with E-state index in [0.717, 1.165) is 16.7 Å². The molecule has 0 fully saturated rings. The van der Waals surface area contributed by atoms with E-state index in [4.69, 9.17) is 5.26 Å². The SMILES string of the molecule is CCN(CC(C)(C)O)c1ccc(C#N)c(Br)c1. The summed E-state index contributed by atoms with van der Waals surface area (Å²) in [5, 5.41) is 18.7. The zero-order chi connectivity index (χ0) is 13.1. The van der Waals surface area contributed by atoms with E-state index in [9.17, 15) is 5.11 Å². The number of aliphatic hydroxyl groups is 1. The van der Waals surface area contributed by atoms with Crippen LogP contribution in [0.4, 0.5) is 5.69 Å². The summed E-state index contributed by atoms with van der Waals surface area (Å²) >= 11 is 3.37. The van der Waals surface area contributed by atoms with Crippen LogP contribution in [-0.4, -0.2) is 23.8 Å². The van der Waals surface area contributed by atoms with E-state index in [1.807, 2.05) is 19.1 Å². The fourth-order valence-corrected chi connectivity index (χ4v) is 2.10. The first-order chi connectivity index (χ1) is 7.87. The Labute approximate surface area is 111 Å². The van der Waals surface area contributed by atoms with E-state index < -0.39 is 5.60 Å². The number of benzene rings is 1. The number of nitrogens with zero attached hydrogens (tertiary/aromatic N) is 2. The molecule has 0 aliphatic heterocycles. The molecule has 0 amide bonds. The third-order valence-corrected chi connectivity index (χ3v) is 3.05. The molecule has 4 heteroatoms. The van der Waals surface area contributed by atoms with Crippen molar-refractivity contribution in [3.63, 3.8) is 0 Å². The molecule has 0 saturated carbocycles. The molecule has 0 atom stereocenters. The molecule has 3 nitrogen and oxygen atoms in total. The Balaban J connectivity index is 2.98. The van der Waals surface area contributed by atoms with E-state index in [1.54, 1.807) is 19.9 Å². The lowest BCUT2D eigenvalue weighted by molar-refractivity contribution is 0.0876. The molecule has 1 rings (SSSR count). The van der Waals surface area contributed by atoms with Gasteiger partial charge in [-0.1, -0.05) is 0 Å². The summed E-state index contributed by atoms with van der Waals surface area (Å²) in [4.78, 5) is 2.08. The van der Waals surface area contributed by atoms with Gasteiger partial charge in [0.25, 0.3) is 0 Å². The first kappa shape index (κ1) is 14.0. The second kappa shape index (κ2) is 5.52. The Hall–Kier alpha value is -1.05. The van der Waals surface area contributed by atoms with Crippen molar-refractivity contribution < 1.29 is 5.11 Å². The largest absolute Gasteiger partial charge is 0.389 e. The van der Waals surface area contributed by atoms with Gasteiger partial charge in [-0.15, -0.1) is 0 Å². The zero-order valence-corrected chi connectivity index (χ0v) is 12.0. The molecule has 17 heavy (non-hydrogen) atoms. The van der Waals surface area contributed by atoms with Crippen LogP contribution in [0.1, 0.15) is 26.3 Å². The van der Waals surface area contributed by atoms with Crippen LogP contribution in [0.5, 0.6) is 0 Å². The first-order valence-electron chi connectivity index (χ1n) is 5.54. The summed E-state index contributed by atoms with van der Waals surface area (Å²) in [5.74, 6) is 0. The molecule has 92 valence electrons. The fourth-order valence-electron chi connectivity index (χ4n) is 1.64. The molecular formula is C13H17BrN2O. The third kappa shape index (κ3) is 4.03. The average molecular weight is 297 g/mol. The Morgan fingerprint density at radius 1 is 1.47 bits per heavy atom. The minimum atomic E-state index is -0.740. The van der Waals surface area contributed by atoms with E-state index >= 15 is 0 Å². The predicted octanol–water partition coefficient (Wildman–Crippen LogP) is 2.92. The summed E-state index contributed by atoms with van der Waals surface area (Å²) in [7, 11) is 0. The summed E-state index contributed by atoms with van der Waals surface area (Å²) in [6.45, 7) is 6.98. The van der Waals surface area contributed by atoms with Gasteiger partial charge in [0.2, 0.25) is 0 Å². The van der Waals surface area contributed by atoms with Gasteiger partial charge in [0.1, 0.15) is 6.07 Å². The molecule has 0 aliphatic carbocycles. The van der Waals surface area contributed by atoms with E-state index in [-0.39, 0.29) is 0 Å². The van der Waals surface area contributed by atoms with Crippen LogP contribution in [0.15, 0.2) is 22.7 Å². The smallest absolute Gasteiger partial charge is 0.100 e. The molecule has 0 saturated heterocycles. The van der Waals surface area contributed by atoms with Crippen molar-refractivity contribution >= 4 is 21.6 Å². The highest BCUT2D eigenvalue weighted by molar-refractivity contribution is 9.10. The van der Waals surface area contributed by atoms with Crippen LogP contribution in [0, 0.1) is 11.3 Å². The average Bonchev–Trinajstić information content (AvgIpc) is 2.24. The summed E-state index contributed by atoms with van der Waals surface area (Å²) < 4.78 is 0.784. The second-order valence-electron chi connectivity index (χ2n) is 4.60. The van der Waals surface area contributed by atoms with Gasteiger partial charge >= 0.3 is 0 Å². The van der Waals surface area contributed by atoms with Crippen molar-refractivity contribution in [2.24, 2.45) is 0 Å². The van der Waals surface area contributed by atoms with Gasteiger partial charge in [-0.2, -0.15) is 5.26 Å². The van der Waals surface area contributed by atoms with E-state index in [0.29, 0.717) is 12.1 Å². The number of rotatable bonds is 4. The highest BCUT2D eigenvalue weighted by Crippen LogP contribution is 2.24. The third-order valence-electron chi connectivity index (χ3n) is 2.40. The lowest BCUT2D eigenvalue weighted by Crippen LogP contribution is -2.38. The minimum Gasteiger partial charge on any atom is -0.389 e. The van der Waals surface area contributed by atoms with Crippen molar-refractivity contribution in [2.45, 2.75) is 26.4 Å². The molecular weight excluding hydrogens is 280 g/mol. The predicted molar refractivity (Wildman–Crippen MR) is 73.0 cm³/mol. The van der Waals surface area contributed by atoms with Gasteiger partial charge in [-0.25, -0.2) is 0 Å². The standard InChI is InChI=1S/C13H17BrN2O/c1-4-16(9-13(2,3)17)11-6-5-10(8-15)12(14)7-11/h5-7,17H,4,9H2,1-3H3. The first-order valence-corrected chi connectivity index (χ1v) is 6.33. The minimum absolute atomic E-state index is 0.557. The Morgan fingerprint density at radius 2 is 2.12 bits per heavy atom. The summed E-state index contributed by atoms with van der Waals surface area (Å²) in [6, 6.07) is 7.71. The highest BCUT2D eigenvalue weighted by atomic mass is 79.9. The van der Waals surface area contributed by atoms with Gasteiger partial charge < -0.3 is 10.0 Å². The number of anilines is 1. The Bertz CT molecular complexity index is 432. The molecule has 0 aromatic heterocycles. The number of likely N-dealkylation sites (N-methyl/N-ethyl adjacent to an activating group) is 1. The van der Waals surface area contributed by atoms with Crippen LogP contribution < -0.4 is 4.90 Å². The second-order valence-corrected chi connectivity index (χ2v) is 5.46. The summed E-state index contributed by atoms with van der Waals surface area (Å²) in [6.07, 6.45) is 0. The quantitative estimate of drug-likeness (QED) is 0.929. The number of hydrogen-bond acceptors (Lipinski definition) is 3. The fraction of sp³-hybridized carbons (Fsp3) is 0.462. The monoisotopic (exact) mass is 296 g/mol. The normalized spacial score (nSPS) is 11.1. The highest BCUT2D eigenvalue weighted by Gasteiger charge is 2.18. The van der Waals surface area contributed by atoms with Crippen LogP contribution in [0.25, 0.3) is 0 Å². The van der Waals surface area contributed by atoms with Crippen LogP contribution in [-0.2, 0) is 0 Å². The molecule has 0 radical (unpaired) electrons. The molecule has 0 unspecified atom stereocenters. The molecule has 0 spiro atoms. The van der Waals surface area contributed by atoms with Gasteiger partial charge in [0.05, 0.1) is 11.2 Å². The van der Waals surface area contributed by atoms with Crippen LogP contribution in [0.3, 0.4) is 0 Å². The van der Waals surface area contributed by atoms with Crippen LogP contribution in [0.2, 0.25) is 0 Å². The number of nitriles is 1. The Morgan fingerprint density at radius 3 is 2.53 bits per heavy atom. The van der Waals surface area contributed by atoms with E-state index in [1.165, 1.54) is 0 Å². The van der Waals surface area contributed by atoms with Crippen molar-refractivity contribution in [1.82, 2.24) is 0 Å².